The second-order valence-corrected chi connectivity index (χ2v) is 5.12. The van der Waals surface area contributed by atoms with E-state index in [9.17, 15) is 9.90 Å². The number of thiophene rings is 1. The summed E-state index contributed by atoms with van der Waals surface area (Å²) in [4.78, 5) is 12.4. The second kappa shape index (κ2) is 5.15. The van der Waals surface area contributed by atoms with Crippen LogP contribution in [0.25, 0.3) is 0 Å². The Kier molecular flexibility index (Phi) is 3.59. The number of carbonyl (C=O) groups is 1. The fraction of sp³-hybridized carbons (Fsp3) is 0.214. The minimum atomic E-state index is -0.762. The lowest BCUT2D eigenvalue weighted by Crippen LogP contribution is -2.13. The number of benzene rings is 1. The molecule has 0 fully saturated rings. The summed E-state index contributed by atoms with van der Waals surface area (Å²) in [5.74, 6) is -1.21. The molecule has 0 aliphatic carbocycles. The van der Waals surface area contributed by atoms with Gasteiger partial charge in [-0.1, -0.05) is 35.9 Å². The van der Waals surface area contributed by atoms with Gasteiger partial charge in [0.05, 0.1) is 5.92 Å². The molecule has 0 amide bonds. The molecule has 2 nitrogen and oxygen atoms in total. The standard InChI is InChI=1S/C14H14O2S/c1-10-4-6-11(7-5-10)13(14(15)16)9-12-3-2-8-17-12/h2-8,13H,9H2,1H3,(H,15,16). The maximum atomic E-state index is 11.3. The molecule has 1 N–H and O–H groups in total. The van der Waals surface area contributed by atoms with Gasteiger partial charge in [-0.3, -0.25) is 4.79 Å². The largest absolute Gasteiger partial charge is 0.481 e. The van der Waals surface area contributed by atoms with Gasteiger partial charge in [-0.05, 0) is 30.4 Å². The van der Waals surface area contributed by atoms with E-state index in [0.29, 0.717) is 6.42 Å². The van der Waals surface area contributed by atoms with Gasteiger partial charge in [-0.25, -0.2) is 0 Å². The first-order chi connectivity index (χ1) is 8.16. The van der Waals surface area contributed by atoms with E-state index in [1.54, 1.807) is 11.3 Å². The molecule has 1 heterocycles. The van der Waals surface area contributed by atoms with Gasteiger partial charge < -0.3 is 5.11 Å². The van der Waals surface area contributed by atoms with Gasteiger partial charge in [0.2, 0.25) is 0 Å². The SMILES string of the molecule is Cc1ccc(C(Cc2cccs2)C(=O)O)cc1. The molecule has 3 heteroatoms. The molecule has 0 saturated carbocycles. The number of carboxylic acids is 1. The molecule has 17 heavy (non-hydrogen) atoms. The zero-order valence-corrected chi connectivity index (χ0v) is 10.4. The lowest BCUT2D eigenvalue weighted by atomic mass is 9.94. The molecule has 0 aliphatic heterocycles. The molecular formula is C14H14O2S. The molecular weight excluding hydrogens is 232 g/mol. The second-order valence-electron chi connectivity index (χ2n) is 4.08. The van der Waals surface area contributed by atoms with E-state index in [0.717, 1.165) is 16.0 Å². The summed E-state index contributed by atoms with van der Waals surface area (Å²) in [5, 5.41) is 11.3. The summed E-state index contributed by atoms with van der Waals surface area (Å²) in [5.41, 5.74) is 2.02. The van der Waals surface area contributed by atoms with Gasteiger partial charge in [0, 0.05) is 4.88 Å². The first kappa shape index (κ1) is 11.9. The molecule has 0 spiro atoms. The Morgan fingerprint density at radius 3 is 2.53 bits per heavy atom. The van der Waals surface area contributed by atoms with Crippen LogP contribution in [0.3, 0.4) is 0 Å². The number of aliphatic carboxylic acids is 1. The van der Waals surface area contributed by atoms with Crippen LogP contribution in [0.5, 0.6) is 0 Å². The van der Waals surface area contributed by atoms with Gasteiger partial charge in [0.1, 0.15) is 0 Å². The lowest BCUT2D eigenvalue weighted by molar-refractivity contribution is -0.138. The Morgan fingerprint density at radius 2 is 2.00 bits per heavy atom. The van der Waals surface area contributed by atoms with Crippen LogP contribution in [-0.4, -0.2) is 11.1 Å². The monoisotopic (exact) mass is 246 g/mol. The third kappa shape index (κ3) is 2.94. The van der Waals surface area contributed by atoms with E-state index in [1.807, 2.05) is 48.7 Å². The number of aryl methyl sites for hydroxylation is 1. The molecule has 2 aromatic rings. The average Bonchev–Trinajstić information content (AvgIpc) is 2.80. The van der Waals surface area contributed by atoms with Gasteiger partial charge in [0.25, 0.3) is 0 Å². The Morgan fingerprint density at radius 1 is 1.29 bits per heavy atom. The molecule has 0 radical (unpaired) electrons. The summed E-state index contributed by atoms with van der Waals surface area (Å²) >= 11 is 1.60. The lowest BCUT2D eigenvalue weighted by Gasteiger charge is -2.11. The van der Waals surface area contributed by atoms with Crippen molar-refractivity contribution in [3.05, 3.63) is 57.8 Å². The minimum Gasteiger partial charge on any atom is -0.481 e. The molecule has 1 unspecified atom stereocenters. The van der Waals surface area contributed by atoms with Crippen LogP contribution >= 0.6 is 11.3 Å². The van der Waals surface area contributed by atoms with Gasteiger partial charge in [-0.2, -0.15) is 0 Å². The number of rotatable bonds is 4. The normalized spacial score (nSPS) is 12.3. The van der Waals surface area contributed by atoms with Crippen molar-refractivity contribution in [3.63, 3.8) is 0 Å². The summed E-state index contributed by atoms with van der Waals surface area (Å²) in [7, 11) is 0. The molecule has 1 aromatic carbocycles. The van der Waals surface area contributed by atoms with Crippen molar-refractivity contribution in [2.45, 2.75) is 19.3 Å². The zero-order chi connectivity index (χ0) is 12.3. The van der Waals surface area contributed by atoms with Crippen molar-refractivity contribution in [2.75, 3.05) is 0 Å². The third-order valence-electron chi connectivity index (χ3n) is 2.76. The van der Waals surface area contributed by atoms with Crippen LogP contribution in [0.15, 0.2) is 41.8 Å². The maximum absolute atomic E-state index is 11.3. The first-order valence-corrected chi connectivity index (χ1v) is 6.36. The minimum absolute atomic E-state index is 0.450. The number of carboxylic acid groups (broad SMARTS) is 1. The molecule has 0 bridgehead atoms. The maximum Gasteiger partial charge on any atom is 0.311 e. The molecule has 1 atom stereocenters. The Labute approximate surface area is 105 Å². The highest BCUT2D eigenvalue weighted by Crippen LogP contribution is 2.24. The highest BCUT2D eigenvalue weighted by atomic mass is 32.1. The Balaban J connectivity index is 2.23. The third-order valence-corrected chi connectivity index (χ3v) is 3.66. The highest BCUT2D eigenvalue weighted by Gasteiger charge is 2.20. The van der Waals surface area contributed by atoms with E-state index in [1.165, 1.54) is 0 Å². The topological polar surface area (TPSA) is 37.3 Å². The highest BCUT2D eigenvalue weighted by molar-refractivity contribution is 7.09. The van der Waals surface area contributed by atoms with Crippen molar-refractivity contribution >= 4 is 17.3 Å². The molecule has 2 rings (SSSR count). The molecule has 0 saturated heterocycles. The quantitative estimate of drug-likeness (QED) is 0.897. The number of hydrogen-bond donors (Lipinski definition) is 1. The molecule has 1 aromatic heterocycles. The summed E-state index contributed by atoms with van der Waals surface area (Å²) in [6, 6.07) is 11.7. The zero-order valence-electron chi connectivity index (χ0n) is 9.59. The first-order valence-electron chi connectivity index (χ1n) is 5.48. The smallest absolute Gasteiger partial charge is 0.311 e. The van der Waals surface area contributed by atoms with Gasteiger partial charge >= 0.3 is 5.97 Å². The van der Waals surface area contributed by atoms with E-state index in [2.05, 4.69) is 0 Å². The van der Waals surface area contributed by atoms with Crippen molar-refractivity contribution in [3.8, 4) is 0 Å². The van der Waals surface area contributed by atoms with Crippen molar-refractivity contribution in [1.82, 2.24) is 0 Å². The van der Waals surface area contributed by atoms with Crippen LogP contribution in [0.2, 0.25) is 0 Å². The van der Waals surface area contributed by atoms with E-state index in [-0.39, 0.29) is 0 Å². The van der Waals surface area contributed by atoms with Crippen LogP contribution in [0.1, 0.15) is 21.9 Å². The van der Waals surface area contributed by atoms with E-state index < -0.39 is 11.9 Å². The predicted octanol–water partition coefficient (Wildman–Crippen LogP) is 3.47. The summed E-state index contributed by atoms with van der Waals surface area (Å²) in [6.07, 6.45) is 0.566. The van der Waals surface area contributed by atoms with Gasteiger partial charge in [-0.15, -0.1) is 11.3 Å². The summed E-state index contributed by atoms with van der Waals surface area (Å²) < 4.78 is 0. The van der Waals surface area contributed by atoms with Crippen LogP contribution in [0, 0.1) is 6.92 Å². The fourth-order valence-electron chi connectivity index (χ4n) is 1.78. The van der Waals surface area contributed by atoms with Crippen molar-refractivity contribution in [1.29, 1.82) is 0 Å². The van der Waals surface area contributed by atoms with Crippen molar-refractivity contribution in [2.24, 2.45) is 0 Å². The van der Waals surface area contributed by atoms with Crippen LogP contribution < -0.4 is 0 Å². The predicted molar refractivity (Wildman–Crippen MR) is 69.6 cm³/mol. The van der Waals surface area contributed by atoms with Crippen LogP contribution in [0.4, 0.5) is 0 Å². The fourth-order valence-corrected chi connectivity index (χ4v) is 2.53. The van der Waals surface area contributed by atoms with Gasteiger partial charge in [0.15, 0.2) is 0 Å². The van der Waals surface area contributed by atoms with E-state index in [4.69, 9.17) is 0 Å². The Bertz CT molecular complexity index is 485. The summed E-state index contributed by atoms with van der Waals surface area (Å²) in [6.45, 7) is 2.00. The Hall–Kier alpha value is -1.61. The average molecular weight is 246 g/mol. The molecule has 88 valence electrons. The number of hydrogen-bond acceptors (Lipinski definition) is 2. The van der Waals surface area contributed by atoms with Crippen LogP contribution in [-0.2, 0) is 11.2 Å². The van der Waals surface area contributed by atoms with Crippen molar-refractivity contribution < 1.29 is 9.90 Å². The van der Waals surface area contributed by atoms with E-state index >= 15 is 0 Å². The molecule has 0 aliphatic rings.